The molecular formula is C26H33N3O3. The SMILES string of the molecule is CC[C@@H](CC(=O)O)c1ccc(N(CC2CC2)CC(C)(C)O)c(Nc2ccc(C#N)cc2)c1. The smallest absolute Gasteiger partial charge is 0.303 e. The summed E-state index contributed by atoms with van der Waals surface area (Å²) in [5.74, 6) is -0.246. The maximum atomic E-state index is 11.4. The summed E-state index contributed by atoms with van der Waals surface area (Å²) in [5.41, 5.74) is 3.43. The Balaban J connectivity index is 2.00. The molecule has 6 nitrogen and oxygen atoms in total. The third-order valence-electron chi connectivity index (χ3n) is 5.79. The lowest BCUT2D eigenvalue weighted by molar-refractivity contribution is -0.137. The zero-order valence-electron chi connectivity index (χ0n) is 19.1. The van der Waals surface area contributed by atoms with Gasteiger partial charge < -0.3 is 20.4 Å². The molecule has 0 amide bonds. The van der Waals surface area contributed by atoms with Crippen LogP contribution < -0.4 is 10.2 Å². The fourth-order valence-electron chi connectivity index (χ4n) is 4.00. The first-order chi connectivity index (χ1) is 15.2. The molecule has 0 radical (unpaired) electrons. The van der Waals surface area contributed by atoms with E-state index in [1.807, 2.05) is 51.1 Å². The molecule has 0 aromatic heterocycles. The van der Waals surface area contributed by atoms with Crippen molar-refractivity contribution in [3.63, 3.8) is 0 Å². The van der Waals surface area contributed by atoms with Crippen LogP contribution in [0.5, 0.6) is 0 Å². The molecule has 0 bridgehead atoms. The first kappa shape index (κ1) is 23.6. The summed E-state index contributed by atoms with van der Waals surface area (Å²) in [6.07, 6.45) is 3.23. The number of carboxylic acids is 1. The molecule has 2 aromatic carbocycles. The maximum absolute atomic E-state index is 11.4. The summed E-state index contributed by atoms with van der Waals surface area (Å²) in [6, 6.07) is 15.5. The first-order valence-corrected chi connectivity index (χ1v) is 11.3. The van der Waals surface area contributed by atoms with Gasteiger partial charge in [-0.1, -0.05) is 13.0 Å². The van der Waals surface area contributed by atoms with E-state index in [4.69, 9.17) is 5.26 Å². The highest BCUT2D eigenvalue weighted by Gasteiger charge is 2.29. The lowest BCUT2D eigenvalue weighted by Gasteiger charge is -2.33. The Morgan fingerprint density at radius 1 is 1.25 bits per heavy atom. The Morgan fingerprint density at radius 2 is 1.94 bits per heavy atom. The number of carbonyl (C=O) groups is 1. The molecule has 0 heterocycles. The van der Waals surface area contributed by atoms with Gasteiger partial charge in [0.25, 0.3) is 0 Å². The highest BCUT2D eigenvalue weighted by Crippen LogP contribution is 2.38. The molecule has 6 heteroatoms. The summed E-state index contributed by atoms with van der Waals surface area (Å²) in [5, 5.41) is 32.4. The van der Waals surface area contributed by atoms with Gasteiger partial charge in [-0.25, -0.2) is 0 Å². The monoisotopic (exact) mass is 435 g/mol. The van der Waals surface area contributed by atoms with Crippen molar-refractivity contribution in [1.82, 2.24) is 0 Å². The van der Waals surface area contributed by atoms with Crippen molar-refractivity contribution in [2.75, 3.05) is 23.3 Å². The van der Waals surface area contributed by atoms with Gasteiger partial charge in [0.1, 0.15) is 0 Å². The van der Waals surface area contributed by atoms with Crippen LogP contribution in [0.25, 0.3) is 0 Å². The number of aliphatic carboxylic acids is 1. The summed E-state index contributed by atoms with van der Waals surface area (Å²) in [4.78, 5) is 13.6. The van der Waals surface area contributed by atoms with E-state index >= 15 is 0 Å². The number of hydrogen-bond acceptors (Lipinski definition) is 5. The van der Waals surface area contributed by atoms with Crippen molar-refractivity contribution in [2.24, 2.45) is 5.92 Å². The average Bonchev–Trinajstić information content (AvgIpc) is 3.55. The van der Waals surface area contributed by atoms with Crippen LogP contribution in [0.2, 0.25) is 0 Å². The molecule has 3 rings (SSSR count). The molecule has 0 aliphatic heterocycles. The molecule has 0 spiro atoms. The number of hydrogen-bond donors (Lipinski definition) is 3. The van der Waals surface area contributed by atoms with Crippen LogP contribution in [0.4, 0.5) is 17.1 Å². The van der Waals surface area contributed by atoms with Gasteiger partial charge >= 0.3 is 5.97 Å². The molecule has 2 aromatic rings. The molecule has 1 atom stereocenters. The summed E-state index contributed by atoms with van der Waals surface area (Å²) in [6.45, 7) is 7.00. The topological polar surface area (TPSA) is 96.6 Å². The van der Waals surface area contributed by atoms with Crippen molar-refractivity contribution in [3.05, 3.63) is 53.6 Å². The zero-order valence-corrected chi connectivity index (χ0v) is 19.1. The van der Waals surface area contributed by atoms with Gasteiger partial charge in [-0.2, -0.15) is 5.26 Å². The van der Waals surface area contributed by atoms with Gasteiger partial charge in [0.05, 0.1) is 35.0 Å². The third kappa shape index (κ3) is 6.73. The van der Waals surface area contributed by atoms with Crippen molar-refractivity contribution >= 4 is 23.0 Å². The maximum Gasteiger partial charge on any atom is 0.303 e. The number of nitrogens with one attached hydrogen (secondary N) is 1. The molecule has 0 saturated heterocycles. The van der Waals surface area contributed by atoms with E-state index in [-0.39, 0.29) is 12.3 Å². The number of carboxylic acid groups (broad SMARTS) is 1. The van der Waals surface area contributed by atoms with E-state index in [0.29, 0.717) is 18.0 Å². The second-order valence-corrected chi connectivity index (χ2v) is 9.43. The zero-order chi connectivity index (χ0) is 23.3. The van der Waals surface area contributed by atoms with E-state index in [2.05, 4.69) is 16.3 Å². The van der Waals surface area contributed by atoms with Gasteiger partial charge in [-0.05, 0) is 86.9 Å². The van der Waals surface area contributed by atoms with Gasteiger partial charge in [0.15, 0.2) is 0 Å². The van der Waals surface area contributed by atoms with E-state index in [1.54, 1.807) is 12.1 Å². The normalized spacial score (nSPS) is 14.5. The molecule has 32 heavy (non-hydrogen) atoms. The van der Waals surface area contributed by atoms with Crippen molar-refractivity contribution < 1.29 is 15.0 Å². The number of rotatable bonds is 11. The summed E-state index contributed by atoms with van der Waals surface area (Å²) >= 11 is 0. The number of benzene rings is 2. The number of anilines is 3. The van der Waals surface area contributed by atoms with Crippen LogP contribution in [-0.4, -0.2) is 34.9 Å². The Kier molecular flexibility index (Phi) is 7.42. The average molecular weight is 436 g/mol. The first-order valence-electron chi connectivity index (χ1n) is 11.3. The molecule has 1 saturated carbocycles. The standard InChI is InChI=1S/C26H33N3O3/c1-4-20(14-25(30)31)21-9-12-24(29(16-19-5-6-19)17-26(2,3)32)23(13-21)28-22-10-7-18(15-27)8-11-22/h7-13,19-20,28,32H,4-6,14,16-17H2,1-3H3,(H,30,31)/t20-/m0/s1. The molecule has 1 fully saturated rings. The summed E-state index contributed by atoms with van der Waals surface area (Å²) < 4.78 is 0. The minimum Gasteiger partial charge on any atom is -0.481 e. The Bertz CT molecular complexity index is 969. The Morgan fingerprint density at radius 3 is 2.47 bits per heavy atom. The predicted octanol–water partition coefficient (Wildman–Crippen LogP) is 5.26. The molecule has 3 N–H and O–H groups in total. The number of nitriles is 1. The van der Waals surface area contributed by atoms with Crippen LogP contribution in [0.3, 0.4) is 0 Å². The minimum absolute atomic E-state index is 0.0748. The van der Waals surface area contributed by atoms with E-state index < -0.39 is 11.6 Å². The van der Waals surface area contributed by atoms with Crippen LogP contribution >= 0.6 is 0 Å². The number of aliphatic hydroxyl groups is 1. The van der Waals surface area contributed by atoms with Crippen molar-refractivity contribution in [2.45, 2.75) is 58.0 Å². The largest absolute Gasteiger partial charge is 0.481 e. The molecule has 0 unspecified atom stereocenters. The van der Waals surface area contributed by atoms with Gasteiger partial charge in [-0.15, -0.1) is 0 Å². The third-order valence-corrected chi connectivity index (χ3v) is 5.79. The predicted molar refractivity (Wildman–Crippen MR) is 127 cm³/mol. The minimum atomic E-state index is -0.853. The van der Waals surface area contributed by atoms with E-state index in [0.717, 1.165) is 35.6 Å². The lowest BCUT2D eigenvalue weighted by Crippen LogP contribution is -2.40. The van der Waals surface area contributed by atoms with Crippen LogP contribution in [0, 0.1) is 17.2 Å². The lowest BCUT2D eigenvalue weighted by atomic mass is 9.92. The summed E-state index contributed by atoms with van der Waals surface area (Å²) in [7, 11) is 0. The van der Waals surface area contributed by atoms with E-state index in [1.165, 1.54) is 12.8 Å². The van der Waals surface area contributed by atoms with Gasteiger partial charge in [0.2, 0.25) is 0 Å². The molecule has 1 aliphatic rings. The molecule has 1 aliphatic carbocycles. The van der Waals surface area contributed by atoms with Crippen LogP contribution in [-0.2, 0) is 4.79 Å². The van der Waals surface area contributed by atoms with Crippen molar-refractivity contribution in [3.8, 4) is 6.07 Å². The van der Waals surface area contributed by atoms with Gasteiger partial charge in [0, 0.05) is 18.8 Å². The fraction of sp³-hybridized carbons (Fsp3) is 0.462. The molecular weight excluding hydrogens is 402 g/mol. The highest BCUT2D eigenvalue weighted by molar-refractivity contribution is 5.77. The van der Waals surface area contributed by atoms with Crippen LogP contribution in [0.15, 0.2) is 42.5 Å². The van der Waals surface area contributed by atoms with Gasteiger partial charge in [-0.3, -0.25) is 4.79 Å². The highest BCUT2D eigenvalue weighted by atomic mass is 16.4. The Labute approximate surface area is 190 Å². The van der Waals surface area contributed by atoms with Crippen molar-refractivity contribution in [1.29, 1.82) is 5.26 Å². The number of nitrogens with zero attached hydrogens (tertiary/aromatic N) is 2. The second-order valence-electron chi connectivity index (χ2n) is 9.43. The quantitative estimate of drug-likeness (QED) is 0.446. The van der Waals surface area contributed by atoms with Crippen LogP contribution in [0.1, 0.15) is 63.5 Å². The van der Waals surface area contributed by atoms with E-state index in [9.17, 15) is 15.0 Å². The second kappa shape index (κ2) is 10.1. The Hall–Kier alpha value is -3.04. The fourth-order valence-corrected chi connectivity index (χ4v) is 4.00. The molecule has 170 valence electrons.